The lowest BCUT2D eigenvalue weighted by Gasteiger charge is -2.08. The van der Waals surface area contributed by atoms with Crippen molar-refractivity contribution in [3.8, 4) is 6.07 Å². The van der Waals surface area contributed by atoms with E-state index in [0.717, 1.165) is 6.07 Å². The second-order valence-corrected chi connectivity index (χ2v) is 4.85. The summed E-state index contributed by atoms with van der Waals surface area (Å²) in [4.78, 5) is 0. The van der Waals surface area contributed by atoms with Crippen LogP contribution < -0.4 is 5.32 Å². The molecule has 0 aliphatic carbocycles. The number of nitriles is 1. The first-order valence-electron chi connectivity index (χ1n) is 5.47. The largest absolute Gasteiger partial charge is 0.379 e. The van der Waals surface area contributed by atoms with Crippen LogP contribution >= 0.6 is 15.9 Å². The third-order valence-electron chi connectivity index (χ3n) is 2.50. The second-order valence-electron chi connectivity index (χ2n) is 3.94. The molecule has 5 heteroatoms. The summed E-state index contributed by atoms with van der Waals surface area (Å²) in [6, 6.07) is 10.5. The van der Waals surface area contributed by atoms with Gasteiger partial charge in [-0.05, 0) is 42.0 Å². The topological polar surface area (TPSA) is 35.8 Å². The van der Waals surface area contributed by atoms with Crippen molar-refractivity contribution >= 4 is 21.6 Å². The molecule has 0 aliphatic heterocycles. The monoisotopic (exact) mass is 322 g/mol. The van der Waals surface area contributed by atoms with E-state index in [1.54, 1.807) is 18.2 Å². The molecule has 0 fully saturated rings. The molecule has 0 amide bonds. The smallest absolute Gasteiger partial charge is 0.147 e. The molecule has 0 unspecified atom stereocenters. The number of benzene rings is 2. The minimum atomic E-state index is -0.480. The molecular weight excluding hydrogens is 314 g/mol. The van der Waals surface area contributed by atoms with Gasteiger partial charge in [0.15, 0.2) is 0 Å². The summed E-state index contributed by atoms with van der Waals surface area (Å²) in [5, 5.41) is 11.6. The Morgan fingerprint density at radius 1 is 1.16 bits per heavy atom. The third-order valence-corrected chi connectivity index (χ3v) is 2.99. The van der Waals surface area contributed by atoms with Crippen molar-refractivity contribution in [2.75, 3.05) is 5.32 Å². The van der Waals surface area contributed by atoms with Crippen molar-refractivity contribution in [2.24, 2.45) is 0 Å². The van der Waals surface area contributed by atoms with Gasteiger partial charge in [0.05, 0.1) is 17.3 Å². The summed E-state index contributed by atoms with van der Waals surface area (Å²) in [6.07, 6.45) is 0. The average Bonchev–Trinajstić information content (AvgIpc) is 2.37. The van der Waals surface area contributed by atoms with Gasteiger partial charge in [-0.25, -0.2) is 8.78 Å². The minimum Gasteiger partial charge on any atom is -0.379 e. The van der Waals surface area contributed by atoms with Gasteiger partial charge in [-0.1, -0.05) is 15.9 Å². The summed E-state index contributed by atoms with van der Waals surface area (Å²) in [7, 11) is 0. The quantitative estimate of drug-likeness (QED) is 0.918. The number of nitrogens with one attached hydrogen (secondary N) is 1. The van der Waals surface area contributed by atoms with Crippen LogP contribution in [-0.2, 0) is 6.54 Å². The highest BCUT2D eigenvalue weighted by molar-refractivity contribution is 9.10. The number of hydrogen-bond donors (Lipinski definition) is 1. The Morgan fingerprint density at radius 3 is 2.63 bits per heavy atom. The van der Waals surface area contributed by atoms with E-state index in [1.165, 1.54) is 12.1 Å². The Labute approximate surface area is 117 Å². The first-order chi connectivity index (χ1) is 9.08. The molecule has 0 spiro atoms. The molecule has 1 N–H and O–H groups in total. The molecule has 2 rings (SSSR count). The zero-order valence-electron chi connectivity index (χ0n) is 9.75. The van der Waals surface area contributed by atoms with E-state index in [-0.39, 0.29) is 12.1 Å². The summed E-state index contributed by atoms with van der Waals surface area (Å²) in [5.41, 5.74) is 1.15. The van der Waals surface area contributed by atoms with Gasteiger partial charge in [-0.2, -0.15) is 5.26 Å². The van der Waals surface area contributed by atoms with Gasteiger partial charge >= 0.3 is 0 Å². The summed E-state index contributed by atoms with van der Waals surface area (Å²) < 4.78 is 27.4. The Bertz CT molecular complexity index is 650. The fraction of sp³-hybridized carbons (Fsp3) is 0.0714. The average molecular weight is 323 g/mol. The van der Waals surface area contributed by atoms with E-state index in [2.05, 4.69) is 21.2 Å². The van der Waals surface area contributed by atoms with E-state index in [1.807, 2.05) is 6.07 Å². The summed E-state index contributed by atoms with van der Waals surface area (Å²) >= 11 is 3.17. The molecule has 0 aliphatic rings. The van der Waals surface area contributed by atoms with Gasteiger partial charge in [0.1, 0.15) is 11.6 Å². The van der Waals surface area contributed by atoms with Gasteiger partial charge < -0.3 is 5.32 Å². The minimum absolute atomic E-state index is 0.241. The van der Waals surface area contributed by atoms with Crippen LogP contribution in [0.2, 0.25) is 0 Å². The van der Waals surface area contributed by atoms with Crippen molar-refractivity contribution < 1.29 is 8.78 Å². The number of nitrogens with zero attached hydrogens (tertiary/aromatic N) is 1. The molecule has 0 heterocycles. The van der Waals surface area contributed by atoms with Crippen molar-refractivity contribution in [3.05, 3.63) is 63.6 Å². The maximum atomic E-state index is 13.6. The molecule has 2 nitrogen and oxygen atoms in total. The summed E-state index contributed by atoms with van der Waals surface area (Å²) in [5.74, 6) is -0.876. The Hall–Kier alpha value is -1.93. The van der Waals surface area contributed by atoms with Crippen LogP contribution in [0.15, 0.2) is 40.9 Å². The first kappa shape index (κ1) is 13.5. The molecule has 0 atom stereocenters. The number of halogens is 3. The normalized spacial score (nSPS) is 10.0. The highest BCUT2D eigenvalue weighted by atomic mass is 79.9. The van der Waals surface area contributed by atoms with Crippen LogP contribution in [0.4, 0.5) is 14.5 Å². The van der Waals surface area contributed by atoms with Gasteiger partial charge in [0.25, 0.3) is 0 Å². The van der Waals surface area contributed by atoms with E-state index < -0.39 is 11.6 Å². The molecule has 0 saturated carbocycles. The molecule has 0 radical (unpaired) electrons. The van der Waals surface area contributed by atoms with Crippen LogP contribution in [0.1, 0.15) is 11.1 Å². The van der Waals surface area contributed by atoms with E-state index in [0.29, 0.717) is 15.7 Å². The maximum Gasteiger partial charge on any atom is 0.147 e. The molecular formula is C14H9BrF2N2. The SMILES string of the molecule is N#Cc1cc(F)cc(CNc2ccc(Br)cc2F)c1. The van der Waals surface area contributed by atoms with E-state index >= 15 is 0 Å². The fourth-order valence-electron chi connectivity index (χ4n) is 1.65. The third kappa shape index (κ3) is 3.52. The Morgan fingerprint density at radius 2 is 1.95 bits per heavy atom. The van der Waals surface area contributed by atoms with Gasteiger partial charge in [-0.3, -0.25) is 0 Å². The number of hydrogen-bond acceptors (Lipinski definition) is 2. The van der Waals surface area contributed by atoms with Crippen LogP contribution in [-0.4, -0.2) is 0 Å². The molecule has 2 aromatic rings. The summed E-state index contributed by atoms with van der Waals surface area (Å²) in [6.45, 7) is 0.241. The Balaban J connectivity index is 2.14. The molecule has 0 bridgehead atoms. The van der Waals surface area contributed by atoms with E-state index in [9.17, 15) is 8.78 Å². The maximum absolute atomic E-state index is 13.6. The van der Waals surface area contributed by atoms with Crippen molar-refractivity contribution in [1.82, 2.24) is 0 Å². The Kier molecular flexibility index (Phi) is 4.13. The molecule has 19 heavy (non-hydrogen) atoms. The van der Waals surface area contributed by atoms with E-state index in [4.69, 9.17) is 5.26 Å². The van der Waals surface area contributed by atoms with Crippen molar-refractivity contribution in [2.45, 2.75) is 6.54 Å². The lowest BCUT2D eigenvalue weighted by Crippen LogP contribution is -2.02. The standard InChI is InChI=1S/C14H9BrF2N2/c15-11-1-2-14(13(17)6-11)19-8-10-3-9(7-18)4-12(16)5-10/h1-6,19H,8H2. The van der Waals surface area contributed by atoms with Crippen LogP contribution in [0.25, 0.3) is 0 Å². The molecule has 96 valence electrons. The van der Waals surface area contributed by atoms with Crippen molar-refractivity contribution in [3.63, 3.8) is 0 Å². The lowest BCUT2D eigenvalue weighted by molar-refractivity contribution is 0.624. The van der Waals surface area contributed by atoms with Gasteiger partial charge in [0, 0.05) is 11.0 Å². The zero-order valence-corrected chi connectivity index (χ0v) is 11.3. The first-order valence-corrected chi connectivity index (χ1v) is 6.26. The highest BCUT2D eigenvalue weighted by Gasteiger charge is 2.04. The van der Waals surface area contributed by atoms with Gasteiger partial charge in [0.2, 0.25) is 0 Å². The van der Waals surface area contributed by atoms with Crippen LogP contribution in [0.3, 0.4) is 0 Å². The van der Waals surface area contributed by atoms with Crippen LogP contribution in [0.5, 0.6) is 0 Å². The highest BCUT2D eigenvalue weighted by Crippen LogP contribution is 2.20. The molecule has 0 aromatic heterocycles. The number of rotatable bonds is 3. The second kappa shape index (κ2) is 5.81. The molecule has 0 saturated heterocycles. The van der Waals surface area contributed by atoms with Crippen LogP contribution in [0, 0.1) is 23.0 Å². The molecule has 2 aromatic carbocycles. The number of anilines is 1. The van der Waals surface area contributed by atoms with Gasteiger partial charge in [-0.15, -0.1) is 0 Å². The zero-order chi connectivity index (χ0) is 13.8. The lowest BCUT2D eigenvalue weighted by atomic mass is 10.1. The predicted octanol–water partition coefficient (Wildman–Crippen LogP) is 4.21. The predicted molar refractivity (Wildman–Crippen MR) is 72.5 cm³/mol. The van der Waals surface area contributed by atoms with Crippen molar-refractivity contribution in [1.29, 1.82) is 5.26 Å². The fourth-order valence-corrected chi connectivity index (χ4v) is 1.98.